The highest BCUT2D eigenvalue weighted by Crippen LogP contribution is 2.36. The van der Waals surface area contributed by atoms with Gasteiger partial charge in [0.25, 0.3) is 0 Å². The van der Waals surface area contributed by atoms with Crippen LogP contribution in [0.2, 0.25) is 0 Å². The first-order valence-electron chi connectivity index (χ1n) is 12.1. The van der Waals surface area contributed by atoms with Gasteiger partial charge in [0, 0.05) is 31.2 Å². The van der Waals surface area contributed by atoms with Crippen LogP contribution >= 0.6 is 0 Å². The summed E-state index contributed by atoms with van der Waals surface area (Å²) in [5.74, 6) is 0.435. The number of rotatable bonds is 9. The average molecular weight is 526 g/mol. The van der Waals surface area contributed by atoms with Crippen molar-refractivity contribution in [2.45, 2.75) is 43.3 Å². The van der Waals surface area contributed by atoms with Crippen molar-refractivity contribution < 1.29 is 22.7 Å². The molecular weight excluding hydrogens is 498 g/mol. The first-order valence-corrected chi connectivity index (χ1v) is 13.6. The van der Waals surface area contributed by atoms with E-state index in [9.17, 15) is 13.2 Å². The molecule has 2 aliphatic rings. The Balaban J connectivity index is 1.36. The van der Waals surface area contributed by atoms with E-state index in [2.05, 4.69) is 35.0 Å². The quantitative estimate of drug-likeness (QED) is 0.425. The molecule has 194 valence electrons. The van der Waals surface area contributed by atoms with Crippen LogP contribution in [-0.4, -0.2) is 64.3 Å². The van der Waals surface area contributed by atoms with Gasteiger partial charge in [0.2, 0.25) is 27.8 Å². The van der Waals surface area contributed by atoms with Crippen molar-refractivity contribution in [2.24, 2.45) is 0 Å². The van der Waals surface area contributed by atoms with E-state index in [1.807, 2.05) is 6.92 Å². The SMILES string of the molecule is CCOc1cncc(-c2ccc(NC(=O)C3(c4ccnc(NS(=O)(=O)C5CC5)n4)CCOCC3)nc2)n1. The van der Waals surface area contributed by atoms with Crippen molar-refractivity contribution >= 4 is 27.7 Å². The zero-order chi connectivity index (χ0) is 25.9. The topological polar surface area (TPSA) is 158 Å². The molecule has 0 aromatic carbocycles. The molecule has 5 rings (SSSR count). The molecule has 0 atom stereocenters. The second kappa shape index (κ2) is 10.3. The van der Waals surface area contributed by atoms with Gasteiger partial charge in [0.05, 0.1) is 41.1 Å². The molecule has 0 unspecified atom stereocenters. The first-order chi connectivity index (χ1) is 17.9. The van der Waals surface area contributed by atoms with Gasteiger partial charge in [-0.15, -0.1) is 0 Å². The van der Waals surface area contributed by atoms with E-state index >= 15 is 0 Å². The van der Waals surface area contributed by atoms with E-state index < -0.39 is 20.7 Å². The molecule has 12 nitrogen and oxygen atoms in total. The van der Waals surface area contributed by atoms with E-state index in [4.69, 9.17) is 9.47 Å². The number of hydrogen-bond acceptors (Lipinski definition) is 10. The molecule has 1 amide bonds. The second-order valence-corrected chi connectivity index (χ2v) is 10.8. The van der Waals surface area contributed by atoms with Crippen LogP contribution in [0, 0.1) is 0 Å². The lowest BCUT2D eigenvalue weighted by atomic mass is 9.76. The lowest BCUT2D eigenvalue weighted by Gasteiger charge is -2.35. The summed E-state index contributed by atoms with van der Waals surface area (Å²) in [7, 11) is -3.54. The van der Waals surface area contributed by atoms with Crippen molar-refractivity contribution in [1.82, 2.24) is 24.9 Å². The molecule has 2 N–H and O–H groups in total. The van der Waals surface area contributed by atoms with Gasteiger partial charge in [-0.2, -0.15) is 0 Å². The highest BCUT2D eigenvalue weighted by Gasteiger charge is 2.44. The van der Waals surface area contributed by atoms with E-state index in [0.29, 0.717) is 68.6 Å². The van der Waals surface area contributed by atoms with Crippen LogP contribution in [0.4, 0.5) is 11.8 Å². The molecule has 3 aromatic rings. The van der Waals surface area contributed by atoms with Crippen molar-refractivity contribution in [3.63, 3.8) is 0 Å². The molecule has 13 heteroatoms. The van der Waals surface area contributed by atoms with Gasteiger partial charge in [0.1, 0.15) is 5.82 Å². The number of nitrogens with zero attached hydrogens (tertiary/aromatic N) is 5. The highest BCUT2D eigenvalue weighted by molar-refractivity contribution is 7.93. The number of pyridine rings is 1. The van der Waals surface area contributed by atoms with Gasteiger partial charge in [-0.25, -0.2) is 28.4 Å². The Morgan fingerprint density at radius 3 is 2.62 bits per heavy atom. The van der Waals surface area contributed by atoms with Crippen LogP contribution in [0.15, 0.2) is 43.0 Å². The number of nitrogens with one attached hydrogen (secondary N) is 2. The third kappa shape index (κ3) is 5.52. The molecule has 2 fully saturated rings. The third-order valence-electron chi connectivity index (χ3n) is 6.33. The first kappa shape index (κ1) is 25.0. The van der Waals surface area contributed by atoms with Gasteiger partial charge in [-0.3, -0.25) is 14.5 Å². The maximum absolute atomic E-state index is 13.6. The number of carbonyl (C=O) groups excluding carboxylic acids is 1. The Labute approximate surface area is 214 Å². The predicted octanol–water partition coefficient (Wildman–Crippen LogP) is 2.32. The number of aromatic nitrogens is 5. The molecule has 0 radical (unpaired) electrons. The summed E-state index contributed by atoms with van der Waals surface area (Å²) in [4.78, 5) is 35.1. The fourth-order valence-electron chi connectivity index (χ4n) is 4.14. The standard InChI is InChI=1S/C24H27N7O5S/c1-2-36-21-15-25-14-18(28-21)16-3-6-20(27-13-16)30-22(32)24(8-11-35-12-9-24)19-7-10-26-23(29-19)31-37(33,34)17-4-5-17/h3,6-7,10,13-15,17H,2,4-5,8-9,11-12H2,1H3,(H,26,29,31)(H,27,30,32). The molecule has 1 aliphatic carbocycles. The molecule has 37 heavy (non-hydrogen) atoms. The van der Waals surface area contributed by atoms with Gasteiger partial charge >= 0.3 is 0 Å². The maximum atomic E-state index is 13.6. The third-order valence-corrected chi connectivity index (χ3v) is 8.15. The van der Waals surface area contributed by atoms with Gasteiger partial charge in [-0.1, -0.05) is 0 Å². The molecule has 0 bridgehead atoms. The largest absolute Gasteiger partial charge is 0.477 e. The van der Waals surface area contributed by atoms with Gasteiger partial charge < -0.3 is 14.8 Å². The van der Waals surface area contributed by atoms with Crippen molar-refractivity contribution in [3.8, 4) is 17.1 Å². The van der Waals surface area contributed by atoms with Crippen LogP contribution in [0.1, 0.15) is 38.3 Å². The summed E-state index contributed by atoms with van der Waals surface area (Å²) in [6.45, 7) is 3.07. The molecule has 4 heterocycles. The Morgan fingerprint density at radius 2 is 1.92 bits per heavy atom. The van der Waals surface area contributed by atoms with Crippen LogP contribution < -0.4 is 14.8 Å². The van der Waals surface area contributed by atoms with Crippen LogP contribution in [0.5, 0.6) is 5.88 Å². The van der Waals surface area contributed by atoms with Crippen LogP contribution in [0.3, 0.4) is 0 Å². The van der Waals surface area contributed by atoms with E-state index in [1.54, 1.807) is 30.6 Å². The summed E-state index contributed by atoms with van der Waals surface area (Å²) in [6, 6.07) is 5.11. The van der Waals surface area contributed by atoms with Crippen LogP contribution in [-0.2, 0) is 25.0 Å². The number of carbonyl (C=O) groups is 1. The summed E-state index contributed by atoms with van der Waals surface area (Å²) < 4.78 is 38.1. The van der Waals surface area contributed by atoms with Crippen molar-refractivity contribution in [1.29, 1.82) is 0 Å². The molecule has 3 aromatic heterocycles. The number of anilines is 2. The summed E-state index contributed by atoms with van der Waals surface area (Å²) in [6.07, 6.45) is 8.20. The smallest absolute Gasteiger partial charge is 0.237 e. The number of hydrogen-bond donors (Lipinski definition) is 2. The Kier molecular flexibility index (Phi) is 6.98. The minimum Gasteiger partial charge on any atom is -0.477 e. The lowest BCUT2D eigenvalue weighted by Crippen LogP contribution is -2.45. The molecular formula is C24H27N7O5S. The fraction of sp³-hybridized carbons (Fsp3) is 0.417. The molecule has 1 saturated heterocycles. The average Bonchev–Trinajstić information content (AvgIpc) is 3.77. The normalized spacial score (nSPS) is 17.1. The van der Waals surface area contributed by atoms with Gasteiger partial charge in [0.15, 0.2) is 0 Å². The zero-order valence-electron chi connectivity index (χ0n) is 20.3. The minimum absolute atomic E-state index is 0.0408. The van der Waals surface area contributed by atoms with Crippen molar-refractivity contribution in [2.75, 3.05) is 29.9 Å². The molecule has 1 aliphatic heterocycles. The van der Waals surface area contributed by atoms with E-state index in [-0.39, 0.29) is 11.9 Å². The maximum Gasteiger partial charge on any atom is 0.237 e. The second-order valence-electron chi connectivity index (χ2n) is 8.87. The zero-order valence-corrected chi connectivity index (χ0v) is 21.1. The van der Waals surface area contributed by atoms with E-state index in [0.717, 1.165) is 5.56 Å². The lowest BCUT2D eigenvalue weighted by molar-refractivity contribution is -0.125. The van der Waals surface area contributed by atoms with E-state index in [1.165, 1.54) is 12.4 Å². The highest BCUT2D eigenvalue weighted by atomic mass is 32.2. The molecule has 0 spiro atoms. The van der Waals surface area contributed by atoms with Gasteiger partial charge in [-0.05, 0) is 50.8 Å². The molecule has 1 saturated carbocycles. The van der Waals surface area contributed by atoms with Crippen molar-refractivity contribution in [3.05, 3.63) is 48.7 Å². The minimum atomic E-state index is -3.54. The number of sulfonamides is 1. The monoisotopic (exact) mass is 525 g/mol. The number of ether oxygens (including phenoxy) is 2. The number of amides is 1. The Morgan fingerprint density at radius 1 is 1.11 bits per heavy atom. The Bertz CT molecular complexity index is 1370. The Hall–Kier alpha value is -3.71. The summed E-state index contributed by atoms with van der Waals surface area (Å²) >= 11 is 0. The summed E-state index contributed by atoms with van der Waals surface area (Å²) in [5, 5.41) is 2.48. The van der Waals surface area contributed by atoms with Crippen LogP contribution in [0.25, 0.3) is 11.3 Å². The fourth-order valence-corrected chi connectivity index (χ4v) is 5.42. The predicted molar refractivity (Wildman–Crippen MR) is 134 cm³/mol. The summed E-state index contributed by atoms with van der Waals surface area (Å²) in [5.41, 5.74) is 0.713.